The highest BCUT2D eigenvalue weighted by Crippen LogP contribution is 2.29. The first-order valence-electron chi connectivity index (χ1n) is 9.29. The van der Waals surface area contributed by atoms with Crippen molar-refractivity contribution in [3.05, 3.63) is 72.1 Å². The van der Waals surface area contributed by atoms with Gasteiger partial charge in [-0.05, 0) is 34.0 Å². The second kappa shape index (κ2) is 8.47. The zero-order chi connectivity index (χ0) is 20.1. The van der Waals surface area contributed by atoms with E-state index in [0.29, 0.717) is 24.8 Å². The second-order valence-corrected chi connectivity index (χ2v) is 6.44. The van der Waals surface area contributed by atoms with Crippen LogP contribution in [0.25, 0.3) is 22.5 Å². The first-order chi connectivity index (χ1) is 14.3. The summed E-state index contributed by atoms with van der Waals surface area (Å²) in [5.41, 5.74) is 4.24. The van der Waals surface area contributed by atoms with Gasteiger partial charge in [0.1, 0.15) is 5.82 Å². The first-order valence-corrected chi connectivity index (χ1v) is 9.29. The van der Waals surface area contributed by atoms with Gasteiger partial charge in [0.15, 0.2) is 5.82 Å². The Morgan fingerprint density at radius 1 is 1.07 bits per heavy atom. The van der Waals surface area contributed by atoms with Crippen LogP contribution in [0.15, 0.2) is 60.7 Å². The molecule has 8 nitrogen and oxygen atoms in total. The van der Waals surface area contributed by atoms with Gasteiger partial charge in [-0.2, -0.15) is 4.98 Å². The molecule has 0 saturated carbocycles. The fourth-order valence-corrected chi connectivity index (χ4v) is 3.12. The number of rotatable bonds is 7. The lowest BCUT2D eigenvalue weighted by molar-refractivity contribution is 0.377. The summed E-state index contributed by atoms with van der Waals surface area (Å²) in [6.45, 7) is 2.61. The van der Waals surface area contributed by atoms with Crippen LogP contribution in [0.5, 0.6) is 6.01 Å². The molecule has 0 amide bonds. The Hall–Kier alpha value is -3.81. The lowest BCUT2D eigenvalue weighted by atomic mass is 9.98. The maximum Gasteiger partial charge on any atom is 0.335 e. The minimum atomic E-state index is 0.385. The summed E-state index contributed by atoms with van der Waals surface area (Å²) in [7, 11) is 1.58. The molecule has 0 fully saturated rings. The number of hydrogen-bond donors (Lipinski definition) is 1. The van der Waals surface area contributed by atoms with E-state index in [4.69, 9.17) is 4.74 Å². The number of allylic oxidation sites excluding steroid dienone is 2. The summed E-state index contributed by atoms with van der Waals surface area (Å²) in [5, 5.41) is 18.7. The Balaban J connectivity index is 1.60. The topological polar surface area (TPSA) is 94.4 Å². The van der Waals surface area contributed by atoms with Crippen LogP contribution in [0.1, 0.15) is 18.3 Å². The number of tetrazole rings is 1. The van der Waals surface area contributed by atoms with Gasteiger partial charge in [-0.15, -0.1) is 10.2 Å². The number of H-pyrrole nitrogens is 1. The molecule has 0 radical (unpaired) electrons. The van der Waals surface area contributed by atoms with E-state index in [1.807, 2.05) is 35.9 Å². The van der Waals surface area contributed by atoms with Crippen molar-refractivity contribution >= 4 is 0 Å². The lowest BCUT2D eigenvalue weighted by Gasteiger charge is -2.09. The summed E-state index contributed by atoms with van der Waals surface area (Å²) >= 11 is 0. The van der Waals surface area contributed by atoms with E-state index < -0.39 is 0 Å². The molecular formula is C21H21N7O. The average molecular weight is 387 g/mol. The van der Waals surface area contributed by atoms with Gasteiger partial charge in [0, 0.05) is 12.0 Å². The second-order valence-electron chi connectivity index (χ2n) is 6.44. The molecule has 0 spiro atoms. The molecule has 2 aromatic heterocycles. The predicted molar refractivity (Wildman–Crippen MR) is 109 cm³/mol. The standard InChI is InChI=1S/C21H21N7O/c1-3-4-9-19-22-21(29-2)25-28(19)14-15-10-12-16(13-11-15)17-7-5-6-8-18(17)20-23-26-27-24-20/h3-8,10-13H,9,14H2,1-2H3,(H,23,24,26,27). The SMILES string of the molecule is CC=CCc1nc(OC)nn1Cc1ccc(-c2ccccc2-c2nnn[nH]2)cc1. The Kier molecular flexibility index (Phi) is 5.42. The quantitative estimate of drug-likeness (QED) is 0.489. The van der Waals surface area contributed by atoms with Crippen LogP contribution in [-0.4, -0.2) is 42.5 Å². The molecule has 1 N–H and O–H groups in total. The minimum Gasteiger partial charge on any atom is -0.466 e. The molecule has 29 heavy (non-hydrogen) atoms. The summed E-state index contributed by atoms with van der Waals surface area (Å²) in [4.78, 5) is 4.42. The van der Waals surface area contributed by atoms with Gasteiger partial charge < -0.3 is 4.74 Å². The largest absolute Gasteiger partial charge is 0.466 e. The van der Waals surface area contributed by atoms with Gasteiger partial charge in [0.25, 0.3) is 0 Å². The third kappa shape index (κ3) is 4.06. The molecule has 146 valence electrons. The third-order valence-electron chi connectivity index (χ3n) is 4.57. The van der Waals surface area contributed by atoms with Crippen molar-refractivity contribution in [2.24, 2.45) is 0 Å². The molecular weight excluding hydrogens is 366 g/mol. The smallest absolute Gasteiger partial charge is 0.335 e. The fraction of sp³-hybridized carbons (Fsp3) is 0.190. The number of nitrogens with one attached hydrogen (secondary N) is 1. The number of benzene rings is 2. The molecule has 0 atom stereocenters. The van der Waals surface area contributed by atoms with Gasteiger partial charge in [-0.1, -0.05) is 60.7 Å². The van der Waals surface area contributed by atoms with Crippen molar-refractivity contribution < 1.29 is 4.74 Å². The van der Waals surface area contributed by atoms with Crippen LogP contribution < -0.4 is 4.74 Å². The monoisotopic (exact) mass is 387 g/mol. The molecule has 0 aliphatic heterocycles. The highest BCUT2D eigenvalue weighted by Gasteiger charge is 2.12. The Morgan fingerprint density at radius 3 is 2.55 bits per heavy atom. The first kappa shape index (κ1) is 18.5. The van der Waals surface area contributed by atoms with Gasteiger partial charge >= 0.3 is 6.01 Å². The van der Waals surface area contributed by atoms with Crippen LogP contribution in [0.3, 0.4) is 0 Å². The number of ether oxygens (including phenoxy) is 1. The molecule has 2 heterocycles. The highest BCUT2D eigenvalue weighted by molar-refractivity contribution is 5.80. The maximum atomic E-state index is 5.19. The Bertz CT molecular complexity index is 1100. The number of methoxy groups -OCH3 is 1. The fourth-order valence-electron chi connectivity index (χ4n) is 3.12. The van der Waals surface area contributed by atoms with E-state index in [9.17, 15) is 0 Å². The molecule has 4 rings (SSSR count). The summed E-state index contributed by atoms with van der Waals surface area (Å²) in [5.74, 6) is 1.51. The number of hydrogen-bond acceptors (Lipinski definition) is 6. The predicted octanol–water partition coefficient (Wildman–Crippen LogP) is 3.30. The molecule has 0 saturated heterocycles. The molecule has 0 unspecified atom stereocenters. The molecule has 2 aromatic carbocycles. The Labute approximate surface area is 168 Å². The van der Waals surface area contributed by atoms with E-state index in [2.05, 4.69) is 67.1 Å². The lowest BCUT2D eigenvalue weighted by Crippen LogP contribution is -2.06. The van der Waals surface area contributed by atoms with Crippen molar-refractivity contribution in [1.82, 2.24) is 35.4 Å². The van der Waals surface area contributed by atoms with E-state index in [0.717, 1.165) is 28.1 Å². The summed E-state index contributed by atoms with van der Waals surface area (Å²) in [6, 6.07) is 16.8. The van der Waals surface area contributed by atoms with Gasteiger partial charge in [-0.3, -0.25) is 0 Å². The third-order valence-corrected chi connectivity index (χ3v) is 4.57. The van der Waals surface area contributed by atoms with E-state index >= 15 is 0 Å². The number of aromatic amines is 1. The van der Waals surface area contributed by atoms with E-state index in [-0.39, 0.29) is 0 Å². The van der Waals surface area contributed by atoms with Gasteiger partial charge in [-0.25, -0.2) is 9.78 Å². The average Bonchev–Trinajstić information content (AvgIpc) is 3.43. The van der Waals surface area contributed by atoms with Crippen molar-refractivity contribution in [3.63, 3.8) is 0 Å². The van der Waals surface area contributed by atoms with Crippen LogP contribution in [0, 0.1) is 0 Å². The normalized spacial score (nSPS) is 11.2. The van der Waals surface area contributed by atoms with E-state index in [1.54, 1.807) is 7.11 Å². The van der Waals surface area contributed by atoms with Crippen molar-refractivity contribution in [1.29, 1.82) is 0 Å². The van der Waals surface area contributed by atoms with Gasteiger partial charge in [0.2, 0.25) is 0 Å². The van der Waals surface area contributed by atoms with Crippen molar-refractivity contribution in [2.45, 2.75) is 19.9 Å². The van der Waals surface area contributed by atoms with E-state index in [1.165, 1.54) is 0 Å². The molecule has 0 aliphatic carbocycles. The summed E-state index contributed by atoms with van der Waals surface area (Å²) in [6.07, 6.45) is 4.77. The molecule has 4 aromatic rings. The molecule has 0 bridgehead atoms. The van der Waals surface area contributed by atoms with Crippen molar-refractivity contribution in [2.75, 3.05) is 7.11 Å². The van der Waals surface area contributed by atoms with Crippen LogP contribution in [0.2, 0.25) is 0 Å². The molecule has 0 aliphatic rings. The Morgan fingerprint density at radius 2 is 1.86 bits per heavy atom. The van der Waals surface area contributed by atoms with Crippen molar-refractivity contribution in [3.8, 4) is 28.5 Å². The minimum absolute atomic E-state index is 0.385. The summed E-state index contributed by atoms with van der Waals surface area (Å²) < 4.78 is 7.07. The maximum absolute atomic E-state index is 5.19. The number of nitrogens with zero attached hydrogens (tertiary/aromatic N) is 6. The zero-order valence-electron chi connectivity index (χ0n) is 16.3. The molecule has 8 heteroatoms. The number of aromatic nitrogens is 7. The van der Waals surface area contributed by atoms with Crippen LogP contribution >= 0.6 is 0 Å². The highest BCUT2D eigenvalue weighted by atomic mass is 16.5. The van der Waals surface area contributed by atoms with Crippen LogP contribution in [0.4, 0.5) is 0 Å². The van der Waals surface area contributed by atoms with Crippen LogP contribution in [-0.2, 0) is 13.0 Å². The van der Waals surface area contributed by atoms with Gasteiger partial charge in [0.05, 0.1) is 13.7 Å². The zero-order valence-corrected chi connectivity index (χ0v) is 16.3.